The van der Waals surface area contributed by atoms with Crippen molar-refractivity contribution in [2.75, 3.05) is 15.5 Å². The standard InChI is InChI=1S/C26H20Cl3N3O3/c1-14(2)18-8-3-4-9-20(18)31-24(33)15-6-5-7-17(12-15)30-23-22(29)25(34)32(26(23)35)21-13-16(27)10-11-19(21)28/h3-14,30H,1-2H3,(H,31,33). The second-order valence-electron chi connectivity index (χ2n) is 8.13. The van der Waals surface area contributed by atoms with E-state index in [-0.39, 0.29) is 33.3 Å². The summed E-state index contributed by atoms with van der Waals surface area (Å²) in [6, 6.07) is 18.6. The Morgan fingerprint density at radius 3 is 2.37 bits per heavy atom. The highest BCUT2D eigenvalue weighted by Gasteiger charge is 2.40. The van der Waals surface area contributed by atoms with E-state index in [0.717, 1.165) is 16.2 Å². The van der Waals surface area contributed by atoms with Crippen LogP contribution in [-0.4, -0.2) is 17.7 Å². The molecule has 0 saturated carbocycles. The maximum atomic E-state index is 13.1. The SMILES string of the molecule is CC(C)c1ccccc1NC(=O)c1cccc(NC2=C(Cl)C(=O)N(c3cc(Cl)ccc3Cl)C2=O)c1. The van der Waals surface area contributed by atoms with Gasteiger partial charge >= 0.3 is 0 Å². The van der Waals surface area contributed by atoms with Gasteiger partial charge < -0.3 is 10.6 Å². The molecular formula is C26H20Cl3N3O3. The van der Waals surface area contributed by atoms with Crippen molar-refractivity contribution >= 4 is 69.6 Å². The number of benzene rings is 3. The molecule has 3 amide bonds. The second-order valence-corrected chi connectivity index (χ2v) is 9.35. The molecular weight excluding hydrogens is 509 g/mol. The van der Waals surface area contributed by atoms with Gasteiger partial charge in [-0.1, -0.05) is 72.9 Å². The third kappa shape index (κ3) is 5.05. The average Bonchev–Trinajstić information content (AvgIpc) is 3.04. The summed E-state index contributed by atoms with van der Waals surface area (Å²) < 4.78 is 0. The number of imide groups is 1. The van der Waals surface area contributed by atoms with E-state index in [2.05, 4.69) is 10.6 Å². The van der Waals surface area contributed by atoms with Gasteiger partial charge in [0.15, 0.2) is 0 Å². The molecule has 0 spiro atoms. The summed E-state index contributed by atoms with van der Waals surface area (Å²) in [5, 5.41) is 5.98. The average molecular weight is 529 g/mol. The summed E-state index contributed by atoms with van der Waals surface area (Å²) in [6.45, 7) is 4.10. The van der Waals surface area contributed by atoms with Crippen molar-refractivity contribution in [1.82, 2.24) is 0 Å². The first-order valence-electron chi connectivity index (χ1n) is 10.7. The molecule has 178 valence electrons. The molecule has 4 rings (SSSR count). The summed E-state index contributed by atoms with van der Waals surface area (Å²) in [4.78, 5) is 39.6. The van der Waals surface area contributed by atoms with Crippen molar-refractivity contribution in [3.05, 3.63) is 98.6 Å². The van der Waals surface area contributed by atoms with E-state index in [1.807, 2.05) is 38.1 Å². The van der Waals surface area contributed by atoms with Crippen LogP contribution in [0.1, 0.15) is 35.7 Å². The molecule has 0 saturated heterocycles. The topological polar surface area (TPSA) is 78.5 Å². The number of halogens is 3. The lowest BCUT2D eigenvalue weighted by Crippen LogP contribution is -2.32. The third-order valence-corrected chi connectivity index (χ3v) is 6.31. The lowest BCUT2D eigenvalue weighted by molar-refractivity contribution is -0.120. The highest BCUT2D eigenvalue weighted by Crippen LogP contribution is 2.36. The Morgan fingerprint density at radius 2 is 1.63 bits per heavy atom. The number of nitrogens with zero attached hydrogens (tertiary/aromatic N) is 1. The molecule has 1 heterocycles. The van der Waals surface area contributed by atoms with Gasteiger partial charge in [0.1, 0.15) is 10.7 Å². The fraction of sp³-hybridized carbons (Fsp3) is 0.115. The number of rotatable bonds is 6. The molecule has 0 unspecified atom stereocenters. The van der Waals surface area contributed by atoms with Crippen molar-refractivity contribution in [2.45, 2.75) is 19.8 Å². The highest BCUT2D eigenvalue weighted by atomic mass is 35.5. The Kier molecular flexibility index (Phi) is 7.17. The molecule has 1 aliphatic heterocycles. The summed E-state index contributed by atoms with van der Waals surface area (Å²) in [5.74, 6) is -1.51. The van der Waals surface area contributed by atoms with Gasteiger partial charge in [-0.15, -0.1) is 0 Å². The Bertz CT molecular complexity index is 1390. The van der Waals surface area contributed by atoms with Crippen molar-refractivity contribution in [1.29, 1.82) is 0 Å². The van der Waals surface area contributed by atoms with E-state index in [9.17, 15) is 14.4 Å². The van der Waals surface area contributed by atoms with Crippen LogP contribution in [0, 0.1) is 0 Å². The monoisotopic (exact) mass is 527 g/mol. The van der Waals surface area contributed by atoms with Gasteiger partial charge in [-0.05, 0) is 53.9 Å². The van der Waals surface area contributed by atoms with Gasteiger partial charge in [-0.3, -0.25) is 14.4 Å². The molecule has 9 heteroatoms. The predicted octanol–water partition coefficient (Wildman–Crippen LogP) is 6.80. The number of carbonyl (C=O) groups excluding carboxylic acids is 3. The second kappa shape index (κ2) is 10.1. The maximum Gasteiger partial charge on any atom is 0.283 e. The fourth-order valence-corrected chi connectivity index (χ4v) is 4.26. The number of hydrogen-bond donors (Lipinski definition) is 2. The summed E-state index contributed by atoms with van der Waals surface area (Å²) >= 11 is 18.4. The van der Waals surface area contributed by atoms with Gasteiger partial charge in [0.05, 0.1) is 10.7 Å². The zero-order valence-corrected chi connectivity index (χ0v) is 21.0. The highest BCUT2D eigenvalue weighted by molar-refractivity contribution is 6.54. The van der Waals surface area contributed by atoms with E-state index < -0.39 is 11.8 Å². The van der Waals surface area contributed by atoms with Gasteiger partial charge in [-0.2, -0.15) is 0 Å². The normalized spacial score (nSPS) is 13.6. The first-order chi connectivity index (χ1) is 16.7. The van der Waals surface area contributed by atoms with Gasteiger partial charge in [0, 0.05) is 22.0 Å². The predicted molar refractivity (Wildman–Crippen MR) is 140 cm³/mol. The molecule has 0 aliphatic carbocycles. The van der Waals surface area contributed by atoms with Crippen molar-refractivity contribution < 1.29 is 14.4 Å². The molecule has 1 aliphatic rings. The molecule has 3 aromatic carbocycles. The van der Waals surface area contributed by atoms with E-state index in [1.165, 1.54) is 12.1 Å². The lowest BCUT2D eigenvalue weighted by Gasteiger charge is -2.17. The van der Waals surface area contributed by atoms with E-state index >= 15 is 0 Å². The summed E-state index contributed by atoms with van der Waals surface area (Å²) in [7, 11) is 0. The number of carbonyl (C=O) groups is 3. The van der Waals surface area contributed by atoms with Crippen LogP contribution < -0.4 is 15.5 Å². The van der Waals surface area contributed by atoms with Gasteiger partial charge in [0.2, 0.25) is 0 Å². The smallest absolute Gasteiger partial charge is 0.283 e. The summed E-state index contributed by atoms with van der Waals surface area (Å²) in [5.41, 5.74) is 2.50. The maximum absolute atomic E-state index is 13.1. The van der Waals surface area contributed by atoms with Crippen LogP contribution in [-0.2, 0) is 9.59 Å². The third-order valence-electron chi connectivity index (χ3n) is 5.40. The molecule has 0 bridgehead atoms. The molecule has 0 fully saturated rings. The Balaban J connectivity index is 1.57. The van der Waals surface area contributed by atoms with E-state index in [0.29, 0.717) is 16.3 Å². The number of hydrogen-bond acceptors (Lipinski definition) is 4. The minimum absolute atomic E-state index is 0.126. The zero-order chi connectivity index (χ0) is 25.3. The van der Waals surface area contributed by atoms with Gasteiger partial charge in [-0.25, -0.2) is 4.90 Å². The number of amides is 3. The molecule has 35 heavy (non-hydrogen) atoms. The minimum atomic E-state index is -0.734. The van der Waals surface area contributed by atoms with Crippen LogP contribution in [0.5, 0.6) is 0 Å². The van der Waals surface area contributed by atoms with Crippen LogP contribution in [0.15, 0.2) is 77.5 Å². The van der Waals surface area contributed by atoms with Crippen LogP contribution in [0.25, 0.3) is 0 Å². The van der Waals surface area contributed by atoms with Crippen LogP contribution in [0.4, 0.5) is 17.1 Å². The fourth-order valence-electron chi connectivity index (χ4n) is 3.68. The minimum Gasteiger partial charge on any atom is -0.350 e. The van der Waals surface area contributed by atoms with Crippen molar-refractivity contribution in [3.8, 4) is 0 Å². The van der Waals surface area contributed by atoms with Crippen LogP contribution in [0.2, 0.25) is 10.0 Å². The zero-order valence-electron chi connectivity index (χ0n) is 18.7. The molecule has 0 aromatic heterocycles. The Labute approximate surface area is 217 Å². The number of para-hydroxylation sites is 1. The molecule has 6 nitrogen and oxygen atoms in total. The summed E-state index contributed by atoms with van der Waals surface area (Å²) in [6.07, 6.45) is 0. The Morgan fingerprint density at radius 1 is 0.886 bits per heavy atom. The van der Waals surface area contributed by atoms with E-state index in [4.69, 9.17) is 34.8 Å². The first kappa shape index (κ1) is 24.8. The molecule has 0 atom stereocenters. The van der Waals surface area contributed by atoms with Crippen LogP contribution >= 0.6 is 34.8 Å². The quantitative estimate of drug-likeness (QED) is 0.345. The largest absolute Gasteiger partial charge is 0.350 e. The number of nitrogens with one attached hydrogen (secondary N) is 2. The Hall–Kier alpha value is -3.32. The van der Waals surface area contributed by atoms with Crippen molar-refractivity contribution in [2.24, 2.45) is 0 Å². The molecule has 2 N–H and O–H groups in total. The first-order valence-corrected chi connectivity index (χ1v) is 11.8. The van der Waals surface area contributed by atoms with E-state index in [1.54, 1.807) is 30.3 Å². The lowest BCUT2D eigenvalue weighted by atomic mass is 10.0. The molecule has 0 radical (unpaired) electrons. The number of anilines is 3. The van der Waals surface area contributed by atoms with Crippen molar-refractivity contribution in [3.63, 3.8) is 0 Å². The molecule has 3 aromatic rings. The van der Waals surface area contributed by atoms with Gasteiger partial charge in [0.25, 0.3) is 17.7 Å². The van der Waals surface area contributed by atoms with Crippen LogP contribution in [0.3, 0.4) is 0 Å².